The number of amides is 1. The third-order valence-electron chi connectivity index (χ3n) is 4.36. The highest BCUT2D eigenvalue weighted by Gasteiger charge is 2.44. The van der Waals surface area contributed by atoms with Gasteiger partial charge in [-0.3, -0.25) is 4.79 Å². The van der Waals surface area contributed by atoms with E-state index in [0.29, 0.717) is 19.8 Å². The molecule has 110 valence electrons. The number of nitrogens with two attached hydrogens (primary N) is 1. The maximum atomic E-state index is 12.4. The quantitative estimate of drug-likeness (QED) is 0.903. The van der Waals surface area contributed by atoms with Crippen LogP contribution < -0.4 is 11.1 Å². The third kappa shape index (κ3) is 2.52. The van der Waals surface area contributed by atoms with Crippen molar-refractivity contribution in [1.82, 2.24) is 5.32 Å². The van der Waals surface area contributed by atoms with Crippen LogP contribution in [0, 0.1) is 5.41 Å². The van der Waals surface area contributed by atoms with Crippen molar-refractivity contribution in [2.45, 2.75) is 19.5 Å². The van der Waals surface area contributed by atoms with Gasteiger partial charge in [0.1, 0.15) is 0 Å². The average molecular weight is 284 g/mol. The second-order valence-corrected chi connectivity index (χ2v) is 5.86. The van der Waals surface area contributed by atoms with Crippen LogP contribution >= 0.6 is 0 Å². The molecule has 0 spiro atoms. The molecule has 1 aliphatic rings. The smallest absolute Gasteiger partial charge is 0.230 e. The number of rotatable bonds is 3. The fourth-order valence-electron chi connectivity index (χ4n) is 2.75. The second kappa shape index (κ2) is 5.47. The molecule has 2 aromatic carbocycles. The topological polar surface area (TPSA) is 64.3 Å². The average Bonchev–Trinajstić information content (AvgIpc) is 2.85. The lowest BCUT2D eigenvalue weighted by Gasteiger charge is -2.25. The number of ether oxygens (including phenoxy) is 1. The molecule has 4 nitrogen and oxygen atoms in total. The highest BCUT2D eigenvalue weighted by atomic mass is 16.5. The molecule has 0 radical (unpaired) electrons. The van der Waals surface area contributed by atoms with Crippen molar-refractivity contribution in [1.29, 1.82) is 0 Å². The largest absolute Gasteiger partial charge is 0.379 e. The first kappa shape index (κ1) is 14.0. The Kier molecular flexibility index (Phi) is 3.66. The molecular weight excluding hydrogens is 264 g/mol. The van der Waals surface area contributed by atoms with E-state index >= 15 is 0 Å². The molecule has 2 aromatic rings. The van der Waals surface area contributed by atoms with E-state index in [0.717, 1.165) is 10.9 Å². The van der Waals surface area contributed by atoms with Crippen LogP contribution in [-0.2, 0) is 16.1 Å². The summed E-state index contributed by atoms with van der Waals surface area (Å²) in [6, 6.07) is 14.0. The highest BCUT2D eigenvalue weighted by molar-refractivity contribution is 5.87. The zero-order valence-corrected chi connectivity index (χ0v) is 12.1. The van der Waals surface area contributed by atoms with E-state index in [2.05, 4.69) is 23.5 Å². The minimum absolute atomic E-state index is 0.0413. The number of nitrogens with one attached hydrogen (secondary N) is 1. The number of benzene rings is 2. The molecule has 3 N–H and O–H groups in total. The molecule has 0 bridgehead atoms. The van der Waals surface area contributed by atoms with Gasteiger partial charge < -0.3 is 15.8 Å². The van der Waals surface area contributed by atoms with Gasteiger partial charge in [-0.2, -0.15) is 0 Å². The minimum atomic E-state index is -0.634. The Morgan fingerprint density at radius 2 is 2.10 bits per heavy atom. The zero-order valence-electron chi connectivity index (χ0n) is 12.1. The summed E-state index contributed by atoms with van der Waals surface area (Å²) in [4.78, 5) is 12.4. The van der Waals surface area contributed by atoms with Crippen LogP contribution in [0.4, 0.5) is 0 Å². The summed E-state index contributed by atoms with van der Waals surface area (Å²) in [6.07, 6.45) is 0. The highest BCUT2D eigenvalue weighted by Crippen LogP contribution is 2.27. The Balaban J connectivity index is 1.76. The Morgan fingerprint density at radius 3 is 2.86 bits per heavy atom. The maximum Gasteiger partial charge on any atom is 0.230 e. The predicted octanol–water partition coefficient (Wildman–Crippen LogP) is 1.82. The Morgan fingerprint density at radius 1 is 1.33 bits per heavy atom. The zero-order chi connectivity index (χ0) is 14.9. The maximum absolute atomic E-state index is 12.4. The predicted molar refractivity (Wildman–Crippen MR) is 82.7 cm³/mol. The first-order chi connectivity index (χ1) is 10.1. The van der Waals surface area contributed by atoms with E-state index in [4.69, 9.17) is 10.5 Å². The summed E-state index contributed by atoms with van der Waals surface area (Å²) < 4.78 is 5.33. The summed E-state index contributed by atoms with van der Waals surface area (Å²) in [7, 11) is 0. The Labute approximate surface area is 124 Å². The standard InChI is InChI=1S/C17H20N2O2/c1-17(11-21-10-15(17)18)16(20)19-9-13-7-4-6-12-5-2-3-8-14(12)13/h2-8,15H,9-11,18H2,1H3,(H,19,20). The van der Waals surface area contributed by atoms with Gasteiger partial charge in [-0.1, -0.05) is 42.5 Å². The van der Waals surface area contributed by atoms with Gasteiger partial charge in [0.15, 0.2) is 0 Å². The van der Waals surface area contributed by atoms with E-state index < -0.39 is 5.41 Å². The van der Waals surface area contributed by atoms with Crippen molar-refractivity contribution in [2.75, 3.05) is 13.2 Å². The third-order valence-corrected chi connectivity index (χ3v) is 4.36. The van der Waals surface area contributed by atoms with Crippen molar-refractivity contribution in [3.63, 3.8) is 0 Å². The lowest BCUT2D eigenvalue weighted by Crippen LogP contribution is -2.49. The van der Waals surface area contributed by atoms with E-state index in [-0.39, 0.29) is 11.9 Å². The summed E-state index contributed by atoms with van der Waals surface area (Å²) >= 11 is 0. The van der Waals surface area contributed by atoms with Crippen molar-refractivity contribution in [2.24, 2.45) is 11.1 Å². The molecule has 1 heterocycles. The lowest BCUT2D eigenvalue weighted by molar-refractivity contribution is -0.130. The van der Waals surface area contributed by atoms with Gasteiger partial charge in [-0.25, -0.2) is 0 Å². The Bertz CT molecular complexity index is 665. The molecular formula is C17H20N2O2. The van der Waals surface area contributed by atoms with Gasteiger partial charge in [0, 0.05) is 12.6 Å². The summed E-state index contributed by atoms with van der Waals surface area (Å²) in [5.41, 5.74) is 6.46. The number of fused-ring (bicyclic) bond motifs is 1. The normalized spacial score (nSPS) is 25.1. The molecule has 1 amide bonds. The molecule has 0 aliphatic carbocycles. The lowest BCUT2D eigenvalue weighted by atomic mass is 9.85. The molecule has 4 heteroatoms. The van der Waals surface area contributed by atoms with Gasteiger partial charge in [0.05, 0.1) is 18.6 Å². The molecule has 1 aliphatic heterocycles. The molecule has 2 atom stereocenters. The number of hydrogen-bond donors (Lipinski definition) is 2. The van der Waals surface area contributed by atoms with Crippen LogP contribution in [0.1, 0.15) is 12.5 Å². The number of carbonyl (C=O) groups excluding carboxylic acids is 1. The van der Waals surface area contributed by atoms with Gasteiger partial charge in [0.25, 0.3) is 0 Å². The van der Waals surface area contributed by atoms with Crippen LogP contribution in [0.15, 0.2) is 42.5 Å². The summed E-state index contributed by atoms with van der Waals surface area (Å²) in [5, 5.41) is 5.35. The van der Waals surface area contributed by atoms with E-state index in [1.807, 2.05) is 31.2 Å². The number of hydrogen-bond acceptors (Lipinski definition) is 3. The fraction of sp³-hybridized carbons (Fsp3) is 0.353. The van der Waals surface area contributed by atoms with Crippen LogP contribution in [-0.4, -0.2) is 25.2 Å². The van der Waals surface area contributed by atoms with Crippen molar-refractivity contribution in [3.8, 4) is 0 Å². The van der Waals surface area contributed by atoms with E-state index in [9.17, 15) is 4.79 Å². The van der Waals surface area contributed by atoms with Gasteiger partial charge in [-0.15, -0.1) is 0 Å². The summed E-state index contributed by atoms with van der Waals surface area (Å²) in [5.74, 6) is -0.0413. The molecule has 3 rings (SSSR count). The van der Waals surface area contributed by atoms with Gasteiger partial charge >= 0.3 is 0 Å². The molecule has 1 saturated heterocycles. The SMILES string of the molecule is CC1(C(=O)NCc2cccc3ccccc23)COCC1N. The van der Waals surface area contributed by atoms with Crippen molar-refractivity contribution in [3.05, 3.63) is 48.0 Å². The summed E-state index contributed by atoms with van der Waals surface area (Å²) in [6.45, 7) is 3.19. The van der Waals surface area contributed by atoms with Crippen LogP contribution in [0.25, 0.3) is 10.8 Å². The first-order valence-corrected chi connectivity index (χ1v) is 7.19. The fourth-order valence-corrected chi connectivity index (χ4v) is 2.75. The Hall–Kier alpha value is -1.91. The first-order valence-electron chi connectivity index (χ1n) is 7.19. The van der Waals surface area contributed by atoms with Crippen LogP contribution in [0.2, 0.25) is 0 Å². The van der Waals surface area contributed by atoms with Crippen LogP contribution in [0.3, 0.4) is 0 Å². The molecule has 0 saturated carbocycles. The molecule has 0 aromatic heterocycles. The molecule has 2 unspecified atom stereocenters. The monoisotopic (exact) mass is 284 g/mol. The van der Waals surface area contributed by atoms with Gasteiger partial charge in [0.2, 0.25) is 5.91 Å². The van der Waals surface area contributed by atoms with Crippen molar-refractivity contribution < 1.29 is 9.53 Å². The van der Waals surface area contributed by atoms with E-state index in [1.54, 1.807) is 0 Å². The van der Waals surface area contributed by atoms with Gasteiger partial charge in [-0.05, 0) is 23.3 Å². The molecule has 21 heavy (non-hydrogen) atoms. The minimum Gasteiger partial charge on any atom is -0.379 e. The number of carbonyl (C=O) groups is 1. The van der Waals surface area contributed by atoms with E-state index in [1.165, 1.54) is 5.39 Å². The molecule has 1 fully saturated rings. The van der Waals surface area contributed by atoms with Crippen LogP contribution in [0.5, 0.6) is 0 Å². The van der Waals surface area contributed by atoms with Crippen molar-refractivity contribution >= 4 is 16.7 Å². The second-order valence-electron chi connectivity index (χ2n) is 5.86.